The third-order valence-electron chi connectivity index (χ3n) is 3.72. The molecule has 0 aromatic heterocycles. The number of benzene rings is 2. The molecule has 0 aliphatic carbocycles. The molecule has 2 rings (SSSR count). The van der Waals surface area contributed by atoms with E-state index in [0.717, 1.165) is 6.92 Å². The zero-order valence-corrected chi connectivity index (χ0v) is 16.5. The van der Waals surface area contributed by atoms with Crippen molar-refractivity contribution >= 4 is 40.4 Å². The lowest BCUT2D eigenvalue weighted by atomic mass is 10.2. The first-order chi connectivity index (χ1) is 13.8. The molecule has 29 heavy (non-hydrogen) atoms. The molecule has 2 aromatic rings. The van der Waals surface area contributed by atoms with Crippen molar-refractivity contribution in [1.82, 2.24) is 0 Å². The van der Waals surface area contributed by atoms with Crippen molar-refractivity contribution in [2.75, 3.05) is 19.5 Å². The Hall–Kier alpha value is -3.53. The van der Waals surface area contributed by atoms with Gasteiger partial charge in [0.2, 0.25) is 6.04 Å². The SMILES string of the molecule is COc1c(Cl)ccc(NC(=O)C(N=Nc2ccccc2[N+](=O)[O-])C(C)=O)c1OC. The van der Waals surface area contributed by atoms with Crippen LogP contribution in [0.15, 0.2) is 46.6 Å². The molecular formula is C18H17ClN4O6. The summed E-state index contributed by atoms with van der Waals surface area (Å²) >= 11 is 6.03. The van der Waals surface area contributed by atoms with Gasteiger partial charge in [0.1, 0.15) is 0 Å². The van der Waals surface area contributed by atoms with Crippen LogP contribution in [0.25, 0.3) is 0 Å². The second kappa shape index (κ2) is 9.60. The number of nitro groups is 1. The predicted molar refractivity (Wildman–Crippen MR) is 105 cm³/mol. The van der Waals surface area contributed by atoms with Gasteiger partial charge in [0.05, 0.1) is 29.9 Å². The van der Waals surface area contributed by atoms with E-state index < -0.39 is 22.7 Å². The summed E-state index contributed by atoms with van der Waals surface area (Å²) in [6.45, 7) is 1.16. The van der Waals surface area contributed by atoms with Gasteiger partial charge in [-0.2, -0.15) is 5.11 Å². The van der Waals surface area contributed by atoms with Crippen LogP contribution in [-0.4, -0.2) is 36.9 Å². The Morgan fingerprint density at radius 3 is 2.38 bits per heavy atom. The van der Waals surface area contributed by atoms with Crippen molar-refractivity contribution in [2.24, 2.45) is 10.2 Å². The maximum atomic E-state index is 12.6. The van der Waals surface area contributed by atoms with Gasteiger partial charge in [-0.3, -0.25) is 19.7 Å². The van der Waals surface area contributed by atoms with Gasteiger partial charge in [0.15, 0.2) is 23.0 Å². The van der Waals surface area contributed by atoms with Gasteiger partial charge >= 0.3 is 0 Å². The van der Waals surface area contributed by atoms with E-state index in [0.29, 0.717) is 0 Å². The van der Waals surface area contributed by atoms with Gasteiger partial charge in [-0.1, -0.05) is 23.7 Å². The first kappa shape index (κ1) is 21.8. The summed E-state index contributed by atoms with van der Waals surface area (Å²) in [5.41, 5.74) is -0.184. The van der Waals surface area contributed by atoms with Crippen LogP contribution in [0.3, 0.4) is 0 Å². The van der Waals surface area contributed by atoms with Crippen molar-refractivity contribution in [3.8, 4) is 11.5 Å². The number of anilines is 1. The van der Waals surface area contributed by atoms with Crippen LogP contribution in [0.4, 0.5) is 17.1 Å². The monoisotopic (exact) mass is 420 g/mol. The average molecular weight is 421 g/mol. The Kier molecular flexibility index (Phi) is 7.21. The molecule has 1 unspecified atom stereocenters. The highest BCUT2D eigenvalue weighted by Gasteiger charge is 2.26. The number of amides is 1. The van der Waals surface area contributed by atoms with E-state index in [2.05, 4.69) is 15.5 Å². The maximum absolute atomic E-state index is 12.6. The lowest BCUT2D eigenvalue weighted by molar-refractivity contribution is -0.384. The standard InChI is InChI=1S/C18H17ClN4O6/c1-10(24)15(22-21-12-6-4-5-7-14(12)23(26)27)18(25)20-13-9-8-11(19)16(28-2)17(13)29-3/h4-9,15H,1-3H3,(H,20,25). The highest BCUT2D eigenvalue weighted by molar-refractivity contribution is 6.32. The van der Waals surface area contributed by atoms with Gasteiger partial charge in [-0.25, -0.2) is 0 Å². The van der Waals surface area contributed by atoms with Crippen LogP contribution >= 0.6 is 11.6 Å². The number of hydrogen-bond donors (Lipinski definition) is 1. The van der Waals surface area contributed by atoms with Gasteiger partial charge in [-0.05, 0) is 25.1 Å². The summed E-state index contributed by atoms with van der Waals surface area (Å²) in [7, 11) is 2.75. The molecule has 1 N–H and O–H groups in total. The summed E-state index contributed by atoms with van der Waals surface area (Å²) in [5, 5.41) is 21.3. The molecule has 0 aliphatic rings. The third kappa shape index (κ3) is 5.05. The molecule has 1 amide bonds. The minimum atomic E-state index is -1.53. The molecule has 0 heterocycles. The van der Waals surface area contributed by atoms with E-state index in [9.17, 15) is 19.7 Å². The largest absolute Gasteiger partial charge is 0.491 e. The quantitative estimate of drug-likeness (QED) is 0.297. The van der Waals surface area contributed by atoms with Crippen LogP contribution in [0.2, 0.25) is 5.02 Å². The Balaban J connectivity index is 2.33. The molecule has 2 aromatic carbocycles. The van der Waals surface area contributed by atoms with Crippen LogP contribution in [0, 0.1) is 10.1 Å². The van der Waals surface area contributed by atoms with Gasteiger partial charge in [0, 0.05) is 6.07 Å². The Morgan fingerprint density at radius 2 is 1.79 bits per heavy atom. The molecule has 152 valence electrons. The summed E-state index contributed by atoms with van der Waals surface area (Å²) < 4.78 is 10.4. The Bertz CT molecular complexity index is 979. The topological polar surface area (TPSA) is 132 Å². The molecule has 0 spiro atoms. The Labute approximate surface area is 170 Å². The molecule has 0 saturated heterocycles. The second-order valence-electron chi connectivity index (χ2n) is 5.63. The van der Waals surface area contributed by atoms with E-state index >= 15 is 0 Å². The highest BCUT2D eigenvalue weighted by Crippen LogP contribution is 2.40. The molecule has 0 radical (unpaired) electrons. The number of hydrogen-bond acceptors (Lipinski definition) is 8. The third-order valence-corrected chi connectivity index (χ3v) is 4.02. The minimum Gasteiger partial charge on any atom is -0.491 e. The maximum Gasteiger partial charge on any atom is 0.296 e. The van der Waals surface area contributed by atoms with Crippen molar-refractivity contribution in [2.45, 2.75) is 13.0 Å². The number of halogens is 1. The van der Waals surface area contributed by atoms with Crippen molar-refractivity contribution < 1.29 is 24.0 Å². The molecule has 0 saturated carbocycles. The number of carbonyl (C=O) groups excluding carboxylic acids is 2. The Morgan fingerprint density at radius 1 is 1.14 bits per heavy atom. The zero-order valence-electron chi connectivity index (χ0n) is 15.7. The molecule has 11 heteroatoms. The number of nitrogens with one attached hydrogen (secondary N) is 1. The normalized spacial score (nSPS) is 11.7. The van der Waals surface area contributed by atoms with Gasteiger partial charge in [-0.15, -0.1) is 5.11 Å². The number of azo groups is 1. The van der Waals surface area contributed by atoms with E-state index in [4.69, 9.17) is 21.1 Å². The van der Waals surface area contributed by atoms with E-state index in [1.807, 2.05) is 0 Å². The lowest BCUT2D eigenvalue weighted by Crippen LogP contribution is -2.32. The number of methoxy groups -OCH3 is 2. The van der Waals surface area contributed by atoms with Crippen LogP contribution in [0.5, 0.6) is 11.5 Å². The number of rotatable bonds is 8. The number of nitro benzene ring substituents is 1. The van der Waals surface area contributed by atoms with E-state index in [1.54, 1.807) is 0 Å². The molecule has 0 aliphatic heterocycles. The zero-order chi connectivity index (χ0) is 21.6. The van der Waals surface area contributed by atoms with E-state index in [1.165, 1.54) is 50.6 Å². The van der Waals surface area contributed by atoms with Crippen molar-refractivity contribution in [3.05, 3.63) is 51.5 Å². The van der Waals surface area contributed by atoms with Gasteiger partial charge < -0.3 is 14.8 Å². The van der Waals surface area contributed by atoms with Crippen LogP contribution in [0.1, 0.15) is 6.92 Å². The summed E-state index contributed by atoms with van der Waals surface area (Å²) in [6, 6.07) is 7.00. The number of nitrogens with zero attached hydrogens (tertiary/aromatic N) is 3. The molecular weight excluding hydrogens is 404 g/mol. The van der Waals surface area contributed by atoms with E-state index in [-0.39, 0.29) is 33.6 Å². The summed E-state index contributed by atoms with van der Waals surface area (Å²) in [5.74, 6) is -1.05. The predicted octanol–water partition coefficient (Wildman–Crippen LogP) is 3.95. The molecule has 0 bridgehead atoms. The fraction of sp³-hybridized carbons (Fsp3) is 0.222. The van der Waals surface area contributed by atoms with Crippen LogP contribution in [-0.2, 0) is 9.59 Å². The first-order valence-corrected chi connectivity index (χ1v) is 8.54. The minimum absolute atomic E-state index is 0.0812. The van der Waals surface area contributed by atoms with Crippen LogP contribution < -0.4 is 14.8 Å². The van der Waals surface area contributed by atoms with Crippen molar-refractivity contribution in [3.63, 3.8) is 0 Å². The molecule has 0 fully saturated rings. The summed E-state index contributed by atoms with van der Waals surface area (Å²) in [6.07, 6.45) is 0. The fourth-order valence-electron chi connectivity index (χ4n) is 2.37. The smallest absolute Gasteiger partial charge is 0.296 e. The average Bonchev–Trinajstić information content (AvgIpc) is 2.69. The first-order valence-electron chi connectivity index (χ1n) is 8.16. The molecule has 1 atom stereocenters. The highest BCUT2D eigenvalue weighted by atomic mass is 35.5. The number of carbonyl (C=O) groups is 2. The lowest BCUT2D eigenvalue weighted by Gasteiger charge is -2.15. The summed E-state index contributed by atoms with van der Waals surface area (Å²) in [4.78, 5) is 34.9. The number of para-hydroxylation sites is 1. The van der Waals surface area contributed by atoms with Crippen molar-refractivity contribution in [1.29, 1.82) is 0 Å². The number of ketones is 1. The molecule has 10 nitrogen and oxygen atoms in total. The number of ether oxygens (including phenoxy) is 2. The number of Topliss-reactive ketones (excluding diaryl/α,β-unsaturated/α-hetero) is 1. The fourth-order valence-corrected chi connectivity index (χ4v) is 2.60. The van der Waals surface area contributed by atoms with Gasteiger partial charge in [0.25, 0.3) is 11.6 Å². The second-order valence-corrected chi connectivity index (χ2v) is 6.03.